The van der Waals surface area contributed by atoms with Crippen LogP contribution in [0.5, 0.6) is 0 Å². The van der Waals surface area contributed by atoms with Crippen LogP contribution in [0.15, 0.2) is 60.7 Å². The molecular weight excluding hydrogens is 606 g/mol. The first-order valence-corrected chi connectivity index (χ1v) is 15.6. The van der Waals surface area contributed by atoms with Crippen molar-refractivity contribution in [1.29, 1.82) is 0 Å². The van der Waals surface area contributed by atoms with Crippen molar-refractivity contribution in [1.82, 2.24) is 9.80 Å². The molecule has 2 heterocycles. The maximum atomic E-state index is 16.6. The Morgan fingerprint density at radius 3 is 2.23 bits per heavy atom. The second-order valence-electron chi connectivity index (χ2n) is 11.5. The molecule has 5 rings (SSSR count). The molecule has 2 atom stereocenters. The molecule has 10 heteroatoms. The lowest BCUT2D eigenvalue weighted by molar-refractivity contribution is -0.141. The number of piperidine rings is 1. The zero-order valence-corrected chi connectivity index (χ0v) is 26.6. The number of fused-ring (bicyclic) bond motifs is 1. The van der Waals surface area contributed by atoms with Crippen LogP contribution < -0.4 is 0 Å². The minimum atomic E-state index is -1.57. The fraction of sp³-hybridized carbons (Fsp3) is 0.412. The molecule has 2 aliphatic heterocycles. The quantitative estimate of drug-likeness (QED) is 0.254. The maximum Gasteiger partial charge on any atom is 0.306 e. The Labute approximate surface area is 267 Å². The van der Waals surface area contributed by atoms with Crippen molar-refractivity contribution < 1.29 is 28.6 Å². The van der Waals surface area contributed by atoms with Gasteiger partial charge in [0.15, 0.2) is 5.72 Å². The number of nitrogens with zero attached hydrogens (tertiary/aromatic N) is 2. The molecule has 44 heavy (non-hydrogen) atoms. The van der Waals surface area contributed by atoms with Gasteiger partial charge in [-0.15, -0.1) is 0 Å². The predicted octanol–water partition coefficient (Wildman–Crippen LogP) is 6.51. The summed E-state index contributed by atoms with van der Waals surface area (Å²) in [7, 11) is 2.83. The topological polar surface area (TPSA) is 79.3 Å². The Bertz CT molecular complexity index is 1510. The first-order valence-electron chi connectivity index (χ1n) is 14.8. The van der Waals surface area contributed by atoms with Gasteiger partial charge in [-0.25, -0.2) is 4.39 Å². The SMILES string of the molecule is CCC(O)(c1cc(F)c2c(c1)C(=O)N(Cc1ccc(Cl)cc1)C2(OC)c1ccc(Cl)cc1)C1CCN(CCC(=O)OC)CC1. The van der Waals surface area contributed by atoms with Crippen LogP contribution in [0.2, 0.25) is 10.0 Å². The van der Waals surface area contributed by atoms with E-state index in [1.807, 2.05) is 19.1 Å². The van der Waals surface area contributed by atoms with Crippen LogP contribution in [0, 0.1) is 11.7 Å². The van der Waals surface area contributed by atoms with Gasteiger partial charge in [0.1, 0.15) is 5.82 Å². The highest BCUT2D eigenvalue weighted by molar-refractivity contribution is 6.30. The Hall–Kier alpha value is -3.01. The third-order valence-corrected chi connectivity index (χ3v) is 9.74. The minimum Gasteiger partial charge on any atom is -0.469 e. The van der Waals surface area contributed by atoms with Crippen LogP contribution in [-0.2, 0) is 32.1 Å². The van der Waals surface area contributed by atoms with Gasteiger partial charge in [-0.05, 0) is 85.8 Å². The lowest BCUT2D eigenvalue weighted by Crippen LogP contribution is -2.46. The molecule has 0 saturated carbocycles. The average molecular weight is 644 g/mol. The van der Waals surface area contributed by atoms with E-state index in [0.717, 1.165) is 5.56 Å². The molecule has 0 spiro atoms. The molecule has 1 amide bonds. The van der Waals surface area contributed by atoms with Gasteiger partial charge in [-0.3, -0.25) is 14.5 Å². The van der Waals surface area contributed by atoms with Crippen LogP contribution in [-0.4, -0.2) is 60.6 Å². The summed E-state index contributed by atoms with van der Waals surface area (Å²) in [6.07, 6.45) is 1.97. The molecule has 0 aromatic heterocycles. The molecule has 2 unspecified atom stereocenters. The van der Waals surface area contributed by atoms with Crippen molar-refractivity contribution in [2.24, 2.45) is 5.92 Å². The number of esters is 1. The molecule has 1 N–H and O–H groups in total. The first kappa shape index (κ1) is 32.4. The summed E-state index contributed by atoms with van der Waals surface area (Å²) in [4.78, 5) is 29.6. The monoisotopic (exact) mass is 642 g/mol. The van der Waals surface area contributed by atoms with Crippen molar-refractivity contribution in [3.63, 3.8) is 0 Å². The van der Waals surface area contributed by atoms with E-state index in [-0.39, 0.29) is 29.6 Å². The highest BCUT2D eigenvalue weighted by Gasteiger charge is 2.54. The summed E-state index contributed by atoms with van der Waals surface area (Å²) >= 11 is 12.3. The summed E-state index contributed by atoms with van der Waals surface area (Å²) in [5.74, 6) is -1.47. The number of benzene rings is 3. The fourth-order valence-corrected chi connectivity index (χ4v) is 7.02. The number of methoxy groups -OCH3 is 2. The second kappa shape index (κ2) is 13.2. The lowest BCUT2D eigenvalue weighted by Gasteiger charge is -2.42. The third-order valence-electron chi connectivity index (χ3n) is 9.23. The number of halogens is 3. The molecule has 0 aliphatic carbocycles. The van der Waals surface area contributed by atoms with Gasteiger partial charge in [-0.1, -0.05) is 54.4 Å². The number of likely N-dealkylation sites (tertiary alicyclic amines) is 1. The van der Waals surface area contributed by atoms with Gasteiger partial charge in [0, 0.05) is 35.8 Å². The van der Waals surface area contributed by atoms with Crippen LogP contribution >= 0.6 is 23.2 Å². The number of hydrogen-bond acceptors (Lipinski definition) is 6. The number of carbonyl (C=O) groups is 2. The molecular formula is C34H37Cl2FN2O5. The summed E-state index contributed by atoms with van der Waals surface area (Å²) in [5.41, 5.74) is -0.988. The van der Waals surface area contributed by atoms with E-state index < -0.39 is 23.1 Å². The van der Waals surface area contributed by atoms with Gasteiger partial charge in [-0.2, -0.15) is 0 Å². The van der Waals surface area contributed by atoms with Crippen molar-refractivity contribution >= 4 is 35.1 Å². The Morgan fingerprint density at radius 1 is 1.05 bits per heavy atom. The largest absolute Gasteiger partial charge is 0.469 e. The number of ether oxygens (including phenoxy) is 2. The van der Waals surface area contributed by atoms with Crippen molar-refractivity contribution in [2.75, 3.05) is 33.9 Å². The van der Waals surface area contributed by atoms with E-state index in [4.69, 9.17) is 32.7 Å². The smallest absolute Gasteiger partial charge is 0.306 e. The van der Waals surface area contributed by atoms with Crippen LogP contribution in [0.4, 0.5) is 4.39 Å². The lowest BCUT2D eigenvalue weighted by atomic mass is 9.73. The van der Waals surface area contributed by atoms with Crippen molar-refractivity contribution in [2.45, 2.75) is 50.5 Å². The molecule has 2 aliphatic rings. The van der Waals surface area contributed by atoms with Gasteiger partial charge < -0.3 is 19.5 Å². The van der Waals surface area contributed by atoms with Gasteiger partial charge in [0.25, 0.3) is 5.91 Å². The highest BCUT2D eigenvalue weighted by Crippen LogP contribution is 2.49. The molecule has 0 radical (unpaired) electrons. The minimum absolute atomic E-state index is 0.0983. The number of rotatable bonds is 10. The Morgan fingerprint density at radius 2 is 1.66 bits per heavy atom. The normalized spacial score (nSPS) is 20.4. The molecule has 3 aromatic rings. The van der Waals surface area contributed by atoms with E-state index in [1.54, 1.807) is 42.5 Å². The molecule has 7 nitrogen and oxygen atoms in total. The van der Waals surface area contributed by atoms with Gasteiger partial charge >= 0.3 is 5.97 Å². The molecule has 1 fully saturated rings. The fourth-order valence-electron chi connectivity index (χ4n) is 6.77. The molecule has 0 bridgehead atoms. The van der Waals surface area contributed by atoms with Crippen LogP contribution in [0.3, 0.4) is 0 Å². The Kier molecular flexibility index (Phi) is 9.68. The average Bonchev–Trinajstić information content (AvgIpc) is 3.28. The molecule has 3 aromatic carbocycles. The summed E-state index contributed by atoms with van der Waals surface area (Å²) in [6, 6.07) is 16.9. The van der Waals surface area contributed by atoms with E-state index in [1.165, 1.54) is 25.2 Å². The summed E-state index contributed by atoms with van der Waals surface area (Å²) < 4.78 is 27.5. The highest BCUT2D eigenvalue weighted by atomic mass is 35.5. The maximum absolute atomic E-state index is 16.6. The number of carbonyl (C=O) groups excluding carboxylic acids is 2. The van der Waals surface area contributed by atoms with Crippen LogP contribution in [0.25, 0.3) is 0 Å². The summed E-state index contributed by atoms with van der Waals surface area (Å²) in [6.45, 7) is 3.96. The predicted molar refractivity (Wildman–Crippen MR) is 167 cm³/mol. The number of amides is 1. The standard InChI is InChI=1S/C34H37Cl2FN2O5/c1-4-33(42,23-13-16-38(17-14-23)18-15-30(40)43-2)25-19-28-31(29(37)20-25)34(44-3,24-7-11-27(36)12-8-24)39(32(28)41)21-22-5-9-26(35)10-6-22/h5-12,19-20,23,42H,4,13-18,21H2,1-3H3. The van der Waals surface area contributed by atoms with E-state index >= 15 is 4.39 Å². The van der Waals surface area contributed by atoms with Crippen LogP contribution in [0.1, 0.15) is 65.2 Å². The van der Waals surface area contributed by atoms with E-state index in [0.29, 0.717) is 66.5 Å². The van der Waals surface area contributed by atoms with Crippen molar-refractivity contribution in [3.8, 4) is 0 Å². The van der Waals surface area contributed by atoms with E-state index in [2.05, 4.69) is 4.90 Å². The van der Waals surface area contributed by atoms with E-state index in [9.17, 15) is 14.7 Å². The third kappa shape index (κ3) is 5.86. The number of hydrogen-bond donors (Lipinski definition) is 1. The first-order chi connectivity index (χ1) is 21.1. The van der Waals surface area contributed by atoms with Crippen molar-refractivity contribution in [3.05, 3.63) is 104 Å². The summed E-state index contributed by atoms with van der Waals surface area (Å²) in [5, 5.41) is 13.2. The number of aliphatic hydroxyl groups is 1. The zero-order valence-electron chi connectivity index (χ0n) is 25.1. The Balaban J connectivity index is 1.54. The van der Waals surface area contributed by atoms with Gasteiger partial charge in [0.2, 0.25) is 0 Å². The van der Waals surface area contributed by atoms with Gasteiger partial charge in [0.05, 0.1) is 30.3 Å². The molecule has 234 valence electrons. The zero-order chi connectivity index (χ0) is 31.6. The molecule has 1 saturated heterocycles. The second-order valence-corrected chi connectivity index (χ2v) is 12.3.